The minimum Gasteiger partial charge on any atom is -0.454 e. The van der Waals surface area contributed by atoms with Gasteiger partial charge in [0.05, 0.1) is 6.10 Å². The quantitative estimate of drug-likeness (QED) is 0.728. The van der Waals surface area contributed by atoms with Gasteiger partial charge in [0.2, 0.25) is 6.79 Å². The maximum atomic E-state index is 9.63. The van der Waals surface area contributed by atoms with E-state index in [0.29, 0.717) is 5.75 Å². The summed E-state index contributed by atoms with van der Waals surface area (Å²) in [6.45, 7) is 5.72. The van der Waals surface area contributed by atoms with Crippen LogP contribution in [0.2, 0.25) is 0 Å². The van der Waals surface area contributed by atoms with E-state index in [1.807, 2.05) is 13.0 Å². The summed E-state index contributed by atoms with van der Waals surface area (Å²) in [5.74, 6) is 1.43. The average molecular weight is 192 g/mol. The van der Waals surface area contributed by atoms with E-state index in [2.05, 4.69) is 6.58 Å². The average Bonchev–Trinajstić information content (AvgIpc) is 2.62. The van der Waals surface area contributed by atoms with Crippen LogP contribution in [-0.2, 0) is 0 Å². The Bertz CT molecular complexity index is 371. The Kier molecular flexibility index (Phi) is 2.17. The highest BCUT2D eigenvalue weighted by atomic mass is 16.7. The second-order valence-corrected chi connectivity index (χ2v) is 3.24. The van der Waals surface area contributed by atoms with Crippen LogP contribution in [0.15, 0.2) is 24.8 Å². The largest absolute Gasteiger partial charge is 0.454 e. The summed E-state index contributed by atoms with van der Waals surface area (Å²) in [6.07, 6.45) is 0.842. The van der Waals surface area contributed by atoms with Gasteiger partial charge >= 0.3 is 0 Å². The van der Waals surface area contributed by atoms with Gasteiger partial charge in [-0.15, -0.1) is 6.58 Å². The molecule has 1 atom stereocenters. The van der Waals surface area contributed by atoms with Crippen molar-refractivity contribution in [1.82, 2.24) is 0 Å². The monoisotopic (exact) mass is 192 g/mol. The molecule has 1 aliphatic rings. The number of aliphatic hydroxyl groups excluding tert-OH is 1. The third kappa shape index (κ3) is 1.36. The first-order chi connectivity index (χ1) is 6.72. The predicted octanol–water partition coefficient (Wildman–Crippen LogP) is 1.94. The number of hydrogen-bond acceptors (Lipinski definition) is 3. The van der Waals surface area contributed by atoms with E-state index in [4.69, 9.17) is 9.47 Å². The predicted molar refractivity (Wildman–Crippen MR) is 52.5 cm³/mol. The summed E-state index contributed by atoms with van der Waals surface area (Å²) < 4.78 is 10.4. The number of fused-ring (bicyclic) bond motifs is 1. The molecular formula is C11H12O3. The first kappa shape index (κ1) is 9.09. The summed E-state index contributed by atoms with van der Waals surface area (Å²) in [5, 5.41) is 9.63. The summed E-state index contributed by atoms with van der Waals surface area (Å²) >= 11 is 0. The molecule has 1 unspecified atom stereocenters. The number of ether oxygens (including phenoxy) is 2. The van der Waals surface area contributed by atoms with Crippen molar-refractivity contribution < 1.29 is 14.6 Å². The van der Waals surface area contributed by atoms with E-state index in [0.717, 1.165) is 16.9 Å². The lowest BCUT2D eigenvalue weighted by Crippen LogP contribution is -1.96. The number of benzene rings is 1. The molecule has 0 spiro atoms. The third-order valence-electron chi connectivity index (χ3n) is 2.30. The zero-order valence-electron chi connectivity index (χ0n) is 7.99. The number of rotatable bonds is 2. The summed E-state index contributed by atoms with van der Waals surface area (Å²) in [5.41, 5.74) is 1.78. The Balaban J connectivity index is 2.47. The fourth-order valence-corrected chi connectivity index (χ4v) is 1.50. The minimum absolute atomic E-state index is 0.252. The first-order valence-electron chi connectivity index (χ1n) is 4.43. The Labute approximate surface area is 82.6 Å². The fraction of sp³-hybridized carbons (Fsp3) is 0.273. The van der Waals surface area contributed by atoms with Crippen LogP contribution < -0.4 is 9.47 Å². The molecule has 74 valence electrons. The molecule has 3 heteroatoms. The minimum atomic E-state index is -0.649. The van der Waals surface area contributed by atoms with Gasteiger partial charge in [-0.2, -0.15) is 0 Å². The molecule has 0 aromatic heterocycles. The highest BCUT2D eigenvalue weighted by Crippen LogP contribution is 2.36. The SMILES string of the molecule is C=CC(O)c1cc2c(cc1C)OCO2. The third-order valence-corrected chi connectivity index (χ3v) is 2.30. The van der Waals surface area contributed by atoms with E-state index in [1.165, 1.54) is 6.08 Å². The number of aryl methyl sites for hydroxylation is 1. The molecule has 1 aromatic rings. The van der Waals surface area contributed by atoms with Crippen molar-refractivity contribution in [2.75, 3.05) is 6.79 Å². The van der Waals surface area contributed by atoms with Crippen molar-refractivity contribution >= 4 is 0 Å². The van der Waals surface area contributed by atoms with E-state index in [1.54, 1.807) is 6.07 Å². The maximum Gasteiger partial charge on any atom is 0.231 e. The van der Waals surface area contributed by atoms with Crippen LogP contribution in [0.3, 0.4) is 0 Å². The van der Waals surface area contributed by atoms with Gasteiger partial charge in [-0.25, -0.2) is 0 Å². The van der Waals surface area contributed by atoms with Crippen LogP contribution in [0, 0.1) is 6.92 Å². The van der Waals surface area contributed by atoms with Gasteiger partial charge in [0, 0.05) is 0 Å². The van der Waals surface area contributed by atoms with Crippen molar-refractivity contribution in [3.8, 4) is 11.5 Å². The van der Waals surface area contributed by atoms with Gasteiger partial charge in [0.15, 0.2) is 11.5 Å². The molecule has 1 aromatic carbocycles. The van der Waals surface area contributed by atoms with E-state index < -0.39 is 6.10 Å². The van der Waals surface area contributed by atoms with Crippen molar-refractivity contribution in [2.24, 2.45) is 0 Å². The zero-order chi connectivity index (χ0) is 10.1. The first-order valence-corrected chi connectivity index (χ1v) is 4.43. The van der Waals surface area contributed by atoms with Crippen LogP contribution in [0.4, 0.5) is 0 Å². The maximum absolute atomic E-state index is 9.63. The molecule has 0 saturated carbocycles. The fourth-order valence-electron chi connectivity index (χ4n) is 1.50. The van der Waals surface area contributed by atoms with Crippen LogP contribution in [0.25, 0.3) is 0 Å². The topological polar surface area (TPSA) is 38.7 Å². The molecule has 0 radical (unpaired) electrons. The molecule has 1 N–H and O–H groups in total. The summed E-state index contributed by atoms with van der Waals surface area (Å²) in [6, 6.07) is 3.66. The van der Waals surface area contributed by atoms with Gasteiger partial charge in [-0.05, 0) is 30.2 Å². The Morgan fingerprint density at radius 2 is 2.07 bits per heavy atom. The van der Waals surface area contributed by atoms with Crippen molar-refractivity contribution in [3.05, 3.63) is 35.9 Å². The van der Waals surface area contributed by atoms with E-state index in [-0.39, 0.29) is 6.79 Å². The molecule has 0 amide bonds. The van der Waals surface area contributed by atoms with E-state index >= 15 is 0 Å². The second kappa shape index (κ2) is 3.35. The van der Waals surface area contributed by atoms with Gasteiger partial charge in [-0.1, -0.05) is 6.08 Å². The Hall–Kier alpha value is -1.48. The molecule has 1 heterocycles. The molecule has 0 saturated heterocycles. The van der Waals surface area contributed by atoms with Gasteiger partial charge in [-0.3, -0.25) is 0 Å². The molecule has 2 rings (SSSR count). The molecule has 1 aliphatic heterocycles. The Morgan fingerprint density at radius 1 is 1.43 bits per heavy atom. The molecule has 0 aliphatic carbocycles. The highest BCUT2D eigenvalue weighted by Gasteiger charge is 2.17. The van der Waals surface area contributed by atoms with Gasteiger partial charge in [0.25, 0.3) is 0 Å². The van der Waals surface area contributed by atoms with Crippen molar-refractivity contribution in [3.63, 3.8) is 0 Å². The van der Waals surface area contributed by atoms with Crippen molar-refractivity contribution in [2.45, 2.75) is 13.0 Å². The summed E-state index contributed by atoms with van der Waals surface area (Å²) in [4.78, 5) is 0. The van der Waals surface area contributed by atoms with Crippen LogP contribution in [-0.4, -0.2) is 11.9 Å². The summed E-state index contributed by atoms with van der Waals surface area (Å²) in [7, 11) is 0. The van der Waals surface area contributed by atoms with Crippen LogP contribution in [0.5, 0.6) is 11.5 Å². The van der Waals surface area contributed by atoms with Crippen LogP contribution >= 0.6 is 0 Å². The molecule has 3 nitrogen and oxygen atoms in total. The van der Waals surface area contributed by atoms with E-state index in [9.17, 15) is 5.11 Å². The standard InChI is InChI=1S/C11H12O3/c1-3-9(12)8-5-11-10(4-7(8)2)13-6-14-11/h3-5,9,12H,1,6H2,2H3. The van der Waals surface area contributed by atoms with Gasteiger partial charge in [0.1, 0.15) is 0 Å². The molecular weight excluding hydrogens is 180 g/mol. The molecule has 0 fully saturated rings. The van der Waals surface area contributed by atoms with Crippen LogP contribution in [0.1, 0.15) is 17.2 Å². The second-order valence-electron chi connectivity index (χ2n) is 3.24. The lowest BCUT2D eigenvalue weighted by molar-refractivity contribution is 0.173. The molecule has 0 bridgehead atoms. The van der Waals surface area contributed by atoms with Gasteiger partial charge < -0.3 is 14.6 Å². The zero-order valence-corrected chi connectivity index (χ0v) is 7.99. The van der Waals surface area contributed by atoms with Crippen molar-refractivity contribution in [1.29, 1.82) is 0 Å². The smallest absolute Gasteiger partial charge is 0.231 e. The molecule has 14 heavy (non-hydrogen) atoms. The Morgan fingerprint density at radius 3 is 2.71 bits per heavy atom. The lowest BCUT2D eigenvalue weighted by atomic mass is 10.0. The number of aliphatic hydroxyl groups is 1. The highest BCUT2D eigenvalue weighted by molar-refractivity contribution is 5.49. The normalized spacial score (nSPS) is 15.3. The number of hydrogen-bond donors (Lipinski definition) is 1. The lowest BCUT2D eigenvalue weighted by Gasteiger charge is -2.10.